The molecule has 1 aliphatic carbocycles. The Balaban J connectivity index is 2.45. The van der Waals surface area contributed by atoms with E-state index in [4.69, 9.17) is 10.5 Å². The highest BCUT2D eigenvalue weighted by Crippen LogP contribution is 2.40. The molecule has 1 saturated carbocycles. The van der Waals surface area contributed by atoms with Gasteiger partial charge < -0.3 is 10.5 Å². The third-order valence-electron chi connectivity index (χ3n) is 4.39. The van der Waals surface area contributed by atoms with E-state index in [1.165, 1.54) is 7.11 Å². The standard InChI is InChI=1S/C15H23NO3S/c1-15(2)10-6-9-13(14(15)16)20(17,18)12-8-5-4-7-11(12)19-3/h4-5,7-8,13-14H,6,9-10,16H2,1-3H3. The van der Waals surface area contributed by atoms with Crippen LogP contribution in [0.2, 0.25) is 0 Å². The molecule has 2 unspecified atom stereocenters. The maximum absolute atomic E-state index is 12.9. The SMILES string of the molecule is COc1ccccc1S(=O)(=O)C1CCCC(C)(C)C1N. The van der Waals surface area contributed by atoms with Crippen LogP contribution in [0.15, 0.2) is 29.2 Å². The van der Waals surface area contributed by atoms with Gasteiger partial charge in [0.2, 0.25) is 0 Å². The summed E-state index contributed by atoms with van der Waals surface area (Å²) in [5.74, 6) is 0.392. The van der Waals surface area contributed by atoms with Gasteiger partial charge in [0.25, 0.3) is 0 Å². The molecule has 1 aromatic carbocycles. The van der Waals surface area contributed by atoms with Crippen LogP contribution in [0.25, 0.3) is 0 Å². The molecule has 1 aromatic rings. The van der Waals surface area contributed by atoms with E-state index in [2.05, 4.69) is 0 Å². The van der Waals surface area contributed by atoms with E-state index >= 15 is 0 Å². The molecular weight excluding hydrogens is 274 g/mol. The maximum atomic E-state index is 12.9. The van der Waals surface area contributed by atoms with Gasteiger partial charge in [-0.2, -0.15) is 0 Å². The Labute approximate surface area is 121 Å². The molecule has 1 fully saturated rings. The van der Waals surface area contributed by atoms with Gasteiger partial charge in [0.05, 0.1) is 12.4 Å². The zero-order valence-electron chi connectivity index (χ0n) is 12.3. The second kappa shape index (κ2) is 5.37. The summed E-state index contributed by atoms with van der Waals surface area (Å²) in [5.41, 5.74) is 6.10. The number of benzene rings is 1. The Bertz CT molecular complexity index is 581. The van der Waals surface area contributed by atoms with Crippen LogP contribution in [0.1, 0.15) is 33.1 Å². The summed E-state index contributed by atoms with van der Waals surface area (Å²) in [6, 6.07) is 6.40. The monoisotopic (exact) mass is 297 g/mol. The highest BCUT2D eigenvalue weighted by molar-refractivity contribution is 7.92. The summed E-state index contributed by atoms with van der Waals surface area (Å²) in [6.07, 6.45) is 2.47. The van der Waals surface area contributed by atoms with Crippen molar-refractivity contribution in [1.82, 2.24) is 0 Å². The van der Waals surface area contributed by atoms with E-state index in [0.717, 1.165) is 12.8 Å². The molecule has 0 amide bonds. The lowest BCUT2D eigenvalue weighted by Gasteiger charge is -2.41. The van der Waals surface area contributed by atoms with Crippen LogP contribution in [0.4, 0.5) is 0 Å². The van der Waals surface area contributed by atoms with E-state index in [-0.39, 0.29) is 16.4 Å². The normalized spacial score (nSPS) is 26.2. The fraction of sp³-hybridized carbons (Fsp3) is 0.600. The van der Waals surface area contributed by atoms with Crippen molar-refractivity contribution in [2.45, 2.75) is 49.3 Å². The molecule has 112 valence electrons. The van der Waals surface area contributed by atoms with E-state index < -0.39 is 15.1 Å². The molecule has 0 radical (unpaired) electrons. The molecule has 0 spiro atoms. The van der Waals surface area contributed by atoms with Crippen molar-refractivity contribution >= 4 is 9.84 Å². The number of nitrogens with two attached hydrogens (primary N) is 1. The highest BCUT2D eigenvalue weighted by Gasteiger charge is 2.44. The van der Waals surface area contributed by atoms with Crippen molar-refractivity contribution in [3.63, 3.8) is 0 Å². The minimum Gasteiger partial charge on any atom is -0.495 e. The number of hydrogen-bond acceptors (Lipinski definition) is 4. The van der Waals surface area contributed by atoms with Crippen molar-refractivity contribution in [2.75, 3.05) is 7.11 Å². The predicted molar refractivity (Wildman–Crippen MR) is 79.6 cm³/mol. The first-order valence-electron chi connectivity index (χ1n) is 6.93. The summed E-state index contributed by atoms with van der Waals surface area (Å²) in [4.78, 5) is 0.251. The van der Waals surface area contributed by atoms with Gasteiger partial charge in [-0.25, -0.2) is 8.42 Å². The third-order valence-corrected chi connectivity index (χ3v) is 6.66. The van der Waals surface area contributed by atoms with Gasteiger partial charge in [0, 0.05) is 6.04 Å². The van der Waals surface area contributed by atoms with Crippen LogP contribution < -0.4 is 10.5 Å². The van der Waals surface area contributed by atoms with E-state index in [1.807, 2.05) is 13.8 Å². The maximum Gasteiger partial charge on any atom is 0.186 e. The van der Waals surface area contributed by atoms with Crippen molar-refractivity contribution in [2.24, 2.45) is 11.1 Å². The molecule has 0 bridgehead atoms. The molecule has 0 heterocycles. The fourth-order valence-electron chi connectivity index (χ4n) is 2.97. The van der Waals surface area contributed by atoms with Crippen molar-refractivity contribution in [3.05, 3.63) is 24.3 Å². The summed E-state index contributed by atoms with van der Waals surface area (Å²) in [7, 11) is -1.99. The van der Waals surface area contributed by atoms with Gasteiger partial charge in [-0.05, 0) is 30.4 Å². The Morgan fingerprint density at radius 2 is 1.95 bits per heavy atom. The molecular formula is C15H23NO3S. The number of rotatable bonds is 3. The largest absolute Gasteiger partial charge is 0.495 e. The lowest BCUT2D eigenvalue weighted by Crippen LogP contribution is -2.52. The number of methoxy groups -OCH3 is 1. The molecule has 0 aromatic heterocycles. The minimum absolute atomic E-state index is 0.155. The van der Waals surface area contributed by atoms with Crippen molar-refractivity contribution in [3.8, 4) is 5.75 Å². The van der Waals surface area contributed by atoms with Gasteiger partial charge in [-0.1, -0.05) is 32.4 Å². The number of sulfone groups is 1. The van der Waals surface area contributed by atoms with Crippen molar-refractivity contribution < 1.29 is 13.2 Å². The average molecular weight is 297 g/mol. The molecule has 1 aliphatic rings. The summed E-state index contributed by atoms with van der Waals surface area (Å²) in [6.45, 7) is 4.09. The molecule has 0 aliphatic heterocycles. The quantitative estimate of drug-likeness (QED) is 0.930. The number of para-hydroxylation sites is 1. The lowest BCUT2D eigenvalue weighted by atomic mass is 9.73. The van der Waals surface area contributed by atoms with Crippen LogP contribution in [0.5, 0.6) is 5.75 Å². The molecule has 0 saturated heterocycles. The topological polar surface area (TPSA) is 69.4 Å². The third kappa shape index (κ3) is 2.56. The van der Waals surface area contributed by atoms with E-state index in [0.29, 0.717) is 12.2 Å². The first kappa shape index (κ1) is 15.3. The molecule has 2 atom stereocenters. The van der Waals surface area contributed by atoms with Gasteiger partial charge in [0.15, 0.2) is 9.84 Å². The van der Waals surface area contributed by atoms with Gasteiger partial charge >= 0.3 is 0 Å². The smallest absolute Gasteiger partial charge is 0.186 e. The summed E-state index contributed by atoms with van der Waals surface area (Å²) >= 11 is 0. The highest BCUT2D eigenvalue weighted by atomic mass is 32.2. The van der Waals surface area contributed by atoms with Crippen LogP contribution >= 0.6 is 0 Å². The zero-order valence-corrected chi connectivity index (χ0v) is 13.1. The molecule has 2 rings (SSSR count). The Kier molecular flexibility index (Phi) is 4.12. The first-order chi connectivity index (χ1) is 9.30. The van der Waals surface area contributed by atoms with Gasteiger partial charge in [0.1, 0.15) is 10.6 Å². The van der Waals surface area contributed by atoms with E-state index in [9.17, 15) is 8.42 Å². The van der Waals surface area contributed by atoms with Gasteiger partial charge in [-0.3, -0.25) is 0 Å². The summed E-state index contributed by atoms with van der Waals surface area (Å²) in [5, 5.41) is -0.539. The lowest BCUT2D eigenvalue weighted by molar-refractivity contribution is 0.204. The van der Waals surface area contributed by atoms with E-state index in [1.54, 1.807) is 24.3 Å². The minimum atomic E-state index is -3.48. The second-order valence-corrected chi connectivity index (χ2v) is 8.28. The van der Waals surface area contributed by atoms with Crippen molar-refractivity contribution in [1.29, 1.82) is 0 Å². The predicted octanol–water partition coefficient (Wildman–Crippen LogP) is 2.37. The molecule has 4 nitrogen and oxygen atoms in total. The Morgan fingerprint density at radius 1 is 1.30 bits per heavy atom. The number of hydrogen-bond donors (Lipinski definition) is 1. The molecule has 20 heavy (non-hydrogen) atoms. The molecule has 5 heteroatoms. The zero-order chi connectivity index (χ0) is 15.0. The van der Waals surface area contributed by atoms with Crippen LogP contribution in [0, 0.1) is 5.41 Å². The molecule has 2 N–H and O–H groups in total. The van der Waals surface area contributed by atoms with Crippen LogP contribution in [-0.2, 0) is 9.84 Å². The summed E-state index contributed by atoms with van der Waals surface area (Å²) < 4.78 is 31.0. The first-order valence-corrected chi connectivity index (χ1v) is 8.48. The van der Waals surface area contributed by atoms with Crippen LogP contribution in [0.3, 0.4) is 0 Å². The van der Waals surface area contributed by atoms with Crippen LogP contribution in [-0.4, -0.2) is 26.8 Å². The Hall–Kier alpha value is -1.07. The number of ether oxygens (including phenoxy) is 1. The van der Waals surface area contributed by atoms with Gasteiger partial charge in [-0.15, -0.1) is 0 Å². The second-order valence-electron chi connectivity index (χ2n) is 6.14. The fourth-order valence-corrected chi connectivity index (χ4v) is 5.23. The average Bonchev–Trinajstić information content (AvgIpc) is 2.41. The Morgan fingerprint density at radius 3 is 2.60 bits per heavy atom.